The zero-order valence-corrected chi connectivity index (χ0v) is 22.7. The maximum absolute atomic E-state index is 10.6. The Morgan fingerprint density at radius 2 is 1.46 bits per heavy atom. The number of aliphatic carboxylic acids is 1. The standard InChI is InChI=1S/C18H30O3.C6H10O3.C4H11NO2/c1-2-3-4-5-6-7-8-9-10-11-12-13-14-15-16-17(21-16)18(19)20;1(5-3-8-5)7-2-6-4-9-6;6-3-1-5-2-4-7/h6-7,9-10,16-17H,2-5,8,11-15H2,1H3,(H,19,20);5-6H,1-4H2;5-7H,1-4H2/b7-6-,10-9-;;. The Morgan fingerprint density at radius 1 is 0.892 bits per heavy atom. The monoisotopic (exact) mass is 529 g/mol. The third-order valence-electron chi connectivity index (χ3n) is 5.75. The first-order valence-electron chi connectivity index (χ1n) is 14.0. The van der Waals surface area contributed by atoms with Crippen LogP contribution in [-0.4, -0.2) is 98.4 Å². The molecule has 3 aliphatic rings. The molecule has 0 amide bonds. The Hall–Kier alpha value is -1.33. The van der Waals surface area contributed by atoms with Gasteiger partial charge in [-0.3, -0.25) is 0 Å². The first-order chi connectivity index (χ1) is 18.1. The highest BCUT2D eigenvalue weighted by Crippen LogP contribution is 2.27. The van der Waals surface area contributed by atoms with Crippen molar-refractivity contribution in [2.45, 2.75) is 95.5 Å². The average Bonchev–Trinajstić information content (AvgIpc) is 3.75. The number of hydrogen-bond acceptors (Lipinski definition) is 8. The van der Waals surface area contributed by atoms with Gasteiger partial charge in [0.1, 0.15) is 12.2 Å². The quantitative estimate of drug-likeness (QED) is 0.100. The third-order valence-corrected chi connectivity index (χ3v) is 5.75. The van der Waals surface area contributed by atoms with E-state index in [4.69, 9.17) is 34.3 Å². The molecule has 3 aliphatic heterocycles. The lowest BCUT2D eigenvalue weighted by molar-refractivity contribution is -0.138. The van der Waals surface area contributed by atoms with Crippen LogP contribution in [0.25, 0.3) is 0 Å². The van der Waals surface area contributed by atoms with Crippen LogP contribution in [-0.2, 0) is 23.7 Å². The summed E-state index contributed by atoms with van der Waals surface area (Å²) in [5, 5.41) is 27.8. The fourth-order valence-corrected chi connectivity index (χ4v) is 3.33. The summed E-state index contributed by atoms with van der Waals surface area (Å²) in [7, 11) is 0. The van der Waals surface area contributed by atoms with E-state index in [1.54, 1.807) is 0 Å². The van der Waals surface area contributed by atoms with Crippen LogP contribution in [0.4, 0.5) is 0 Å². The average molecular weight is 530 g/mol. The summed E-state index contributed by atoms with van der Waals surface area (Å²) in [6, 6.07) is 0. The number of nitrogens with one attached hydrogen (secondary N) is 1. The molecular weight excluding hydrogens is 478 g/mol. The van der Waals surface area contributed by atoms with Crippen molar-refractivity contribution >= 4 is 5.97 Å². The predicted octanol–water partition coefficient (Wildman–Crippen LogP) is 3.23. The summed E-state index contributed by atoms with van der Waals surface area (Å²) in [5.41, 5.74) is 0. The van der Waals surface area contributed by atoms with Crippen molar-refractivity contribution in [3.05, 3.63) is 24.3 Å². The van der Waals surface area contributed by atoms with Crippen molar-refractivity contribution < 1.29 is 39.1 Å². The molecule has 0 radical (unpaired) electrons. The van der Waals surface area contributed by atoms with Crippen molar-refractivity contribution in [2.24, 2.45) is 0 Å². The molecule has 3 heterocycles. The van der Waals surface area contributed by atoms with Crippen LogP contribution in [0, 0.1) is 0 Å². The van der Waals surface area contributed by atoms with Gasteiger partial charge in [-0.05, 0) is 38.5 Å². The second-order valence-corrected chi connectivity index (χ2v) is 9.39. The van der Waals surface area contributed by atoms with E-state index < -0.39 is 12.1 Å². The molecule has 0 saturated carbocycles. The zero-order valence-electron chi connectivity index (χ0n) is 22.7. The molecule has 9 heteroatoms. The van der Waals surface area contributed by atoms with Gasteiger partial charge in [-0.2, -0.15) is 0 Å². The van der Waals surface area contributed by atoms with E-state index in [-0.39, 0.29) is 19.3 Å². The maximum Gasteiger partial charge on any atom is 0.335 e. The zero-order chi connectivity index (χ0) is 27.0. The van der Waals surface area contributed by atoms with Crippen LogP contribution in [0.2, 0.25) is 0 Å². The molecule has 0 aromatic heterocycles. The number of carbonyl (C=O) groups is 1. The smallest absolute Gasteiger partial charge is 0.335 e. The Labute approximate surface area is 223 Å². The van der Waals surface area contributed by atoms with Crippen molar-refractivity contribution in [3.63, 3.8) is 0 Å². The number of allylic oxidation sites excluding steroid dienone is 4. The molecule has 0 spiro atoms. The first kappa shape index (κ1) is 33.7. The van der Waals surface area contributed by atoms with E-state index in [1.807, 2.05) is 0 Å². The van der Waals surface area contributed by atoms with E-state index >= 15 is 0 Å². The number of aliphatic hydroxyl groups is 2. The predicted molar refractivity (Wildman–Crippen MR) is 144 cm³/mol. The minimum Gasteiger partial charge on any atom is -0.479 e. The third kappa shape index (κ3) is 23.5. The van der Waals surface area contributed by atoms with Gasteiger partial charge in [0, 0.05) is 13.1 Å². The van der Waals surface area contributed by atoms with E-state index in [1.165, 1.54) is 32.1 Å². The number of hydrogen-bond donors (Lipinski definition) is 4. The minimum absolute atomic E-state index is 0.0177. The molecule has 3 rings (SSSR count). The SMILES string of the molecule is C(OCC1CO1)C1CO1.CCCCC/C=C\C/C=C\CCCCCC1OC1C(=O)O.OCCNCCO. The largest absolute Gasteiger partial charge is 0.479 e. The summed E-state index contributed by atoms with van der Waals surface area (Å²) >= 11 is 0. The minimum atomic E-state index is -0.814. The lowest BCUT2D eigenvalue weighted by atomic mass is 10.1. The number of carboxylic acids is 1. The maximum atomic E-state index is 10.6. The molecule has 4 unspecified atom stereocenters. The fraction of sp³-hybridized carbons (Fsp3) is 0.821. The van der Waals surface area contributed by atoms with Crippen molar-refractivity contribution in [2.75, 3.05) is 52.7 Å². The van der Waals surface area contributed by atoms with Gasteiger partial charge in [0.2, 0.25) is 0 Å². The van der Waals surface area contributed by atoms with Crippen LogP contribution in [0.3, 0.4) is 0 Å². The molecular formula is C28H51NO8. The van der Waals surface area contributed by atoms with E-state index in [2.05, 4.69) is 36.5 Å². The summed E-state index contributed by atoms with van der Waals surface area (Å²) in [6.07, 6.45) is 20.9. The van der Waals surface area contributed by atoms with Gasteiger partial charge in [-0.1, -0.05) is 56.9 Å². The molecule has 0 aromatic carbocycles. The van der Waals surface area contributed by atoms with Gasteiger partial charge in [0.15, 0.2) is 6.10 Å². The summed E-state index contributed by atoms with van der Waals surface area (Å²) in [6.45, 7) is 6.91. The molecule has 37 heavy (non-hydrogen) atoms. The van der Waals surface area contributed by atoms with Crippen molar-refractivity contribution in [1.29, 1.82) is 0 Å². The molecule has 0 aliphatic carbocycles. The summed E-state index contributed by atoms with van der Waals surface area (Å²) < 4.78 is 20.2. The lowest BCUT2D eigenvalue weighted by Gasteiger charge is -1.96. The van der Waals surface area contributed by atoms with E-state index in [0.29, 0.717) is 25.3 Å². The highest BCUT2D eigenvalue weighted by Gasteiger charge is 2.44. The molecule has 3 saturated heterocycles. The Bertz CT molecular complexity index is 577. The molecule has 4 atom stereocenters. The summed E-state index contributed by atoms with van der Waals surface area (Å²) in [4.78, 5) is 10.6. The number of carboxylic acid groups (broad SMARTS) is 1. The number of epoxide rings is 3. The second kappa shape index (κ2) is 23.8. The van der Waals surface area contributed by atoms with Crippen molar-refractivity contribution in [1.82, 2.24) is 5.32 Å². The van der Waals surface area contributed by atoms with Gasteiger partial charge in [0.25, 0.3) is 0 Å². The molecule has 3 fully saturated rings. The Balaban J connectivity index is 0.000000346. The van der Waals surface area contributed by atoms with E-state index in [0.717, 1.165) is 58.5 Å². The van der Waals surface area contributed by atoms with E-state index in [9.17, 15) is 4.79 Å². The van der Waals surface area contributed by atoms with Gasteiger partial charge >= 0.3 is 5.97 Å². The number of aliphatic hydroxyl groups excluding tert-OH is 2. The van der Waals surface area contributed by atoms with Gasteiger partial charge in [-0.15, -0.1) is 0 Å². The fourth-order valence-electron chi connectivity index (χ4n) is 3.33. The molecule has 4 N–H and O–H groups in total. The van der Waals surface area contributed by atoms with Crippen LogP contribution in [0.5, 0.6) is 0 Å². The lowest BCUT2D eigenvalue weighted by Crippen LogP contribution is -2.21. The first-order valence-corrected chi connectivity index (χ1v) is 14.0. The Kier molecular flexibility index (Phi) is 21.6. The molecule has 0 aromatic rings. The highest BCUT2D eigenvalue weighted by molar-refractivity contribution is 5.75. The molecule has 9 nitrogen and oxygen atoms in total. The number of rotatable bonds is 21. The summed E-state index contributed by atoms with van der Waals surface area (Å²) in [5.74, 6) is -0.814. The molecule has 216 valence electrons. The Morgan fingerprint density at radius 3 is 1.92 bits per heavy atom. The van der Waals surface area contributed by atoms with Crippen LogP contribution >= 0.6 is 0 Å². The van der Waals surface area contributed by atoms with Gasteiger partial charge in [0.05, 0.1) is 45.7 Å². The van der Waals surface area contributed by atoms with Crippen LogP contribution in [0.15, 0.2) is 24.3 Å². The normalized spacial score (nSPS) is 23.3. The topological polar surface area (TPSA) is 137 Å². The molecule has 0 bridgehead atoms. The highest BCUT2D eigenvalue weighted by atomic mass is 16.6. The second-order valence-electron chi connectivity index (χ2n) is 9.39. The van der Waals surface area contributed by atoms with Gasteiger partial charge < -0.3 is 39.6 Å². The number of ether oxygens (including phenoxy) is 4. The van der Waals surface area contributed by atoms with Crippen LogP contribution < -0.4 is 5.32 Å². The van der Waals surface area contributed by atoms with Crippen molar-refractivity contribution in [3.8, 4) is 0 Å². The van der Waals surface area contributed by atoms with Crippen LogP contribution in [0.1, 0.15) is 71.1 Å². The van der Waals surface area contributed by atoms with Gasteiger partial charge in [-0.25, -0.2) is 4.79 Å². The number of unbranched alkanes of at least 4 members (excludes halogenated alkanes) is 6.